The first-order valence-electron chi connectivity index (χ1n) is 7.40. The van der Waals surface area contributed by atoms with E-state index in [-0.39, 0.29) is 4.90 Å². The Morgan fingerprint density at radius 3 is 2.46 bits per heavy atom. The number of rotatable bonds is 5. The number of anilines is 1. The monoisotopic (exact) mass is 342 g/mol. The number of nitrogens with one attached hydrogen (secondary N) is 1. The van der Waals surface area contributed by atoms with E-state index in [1.807, 2.05) is 48.1 Å². The van der Waals surface area contributed by atoms with E-state index in [9.17, 15) is 8.42 Å². The van der Waals surface area contributed by atoms with Crippen molar-refractivity contribution >= 4 is 15.7 Å². The minimum absolute atomic E-state index is 0.122. The van der Waals surface area contributed by atoms with Crippen LogP contribution in [0.25, 0.3) is 5.69 Å². The SMILES string of the molecule is COc1ccc(C)cc1S(=O)(=O)Nc1cccc(-n2cccc2)c1. The Hall–Kier alpha value is -2.73. The first-order chi connectivity index (χ1) is 11.5. The minimum Gasteiger partial charge on any atom is -0.495 e. The molecule has 0 fully saturated rings. The van der Waals surface area contributed by atoms with Gasteiger partial charge in [0.2, 0.25) is 0 Å². The minimum atomic E-state index is -3.75. The average molecular weight is 342 g/mol. The summed E-state index contributed by atoms with van der Waals surface area (Å²) in [5.41, 5.74) is 2.21. The molecule has 3 rings (SSSR count). The summed E-state index contributed by atoms with van der Waals surface area (Å²) in [6.07, 6.45) is 3.80. The summed E-state index contributed by atoms with van der Waals surface area (Å²) >= 11 is 0. The second-order valence-corrected chi connectivity index (χ2v) is 7.05. The van der Waals surface area contributed by atoms with Crippen LogP contribution >= 0.6 is 0 Å². The average Bonchev–Trinajstić information content (AvgIpc) is 3.09. The maximum atomic E-state index is 12.7. The van der Waals surface area contributed by atoms with Crippen LogP contribution in [0.15, 0.2) is 71.9 Å². The third kappa shape index (κ3) is 3.28. The van der Waals surface area contributed by atoms with Gasteiger partial charge in [-0.25, -0.2) is 8.42 Å². The molecule has 1 aromatic heterocycles. The van der Waals surface area contributed by atoms with Gasteiger partial charge in [-0.3, -0.25) is 4.72 Å². The van der Waals surface area contributed by atoms with Crippen LogP contribution < -0.4 is 9.46 Å². The van der Waals surface area contributed by atoms with Gasteiger partial charge in [-0.1, -0.05) is 12.1 Å². The van der Waals surface area contributed by atoms with Gasteiger partial charge in [-0.15, -0.1) is 0 Å². The predicted octanol–water partition coefficient (Wildman–Crippen LogP) is 3.60. The summed E-state index contributed by atoms with van der Waals surface area (Å²) in [5.74, 6) is 0.315. The van der Waals surface area contributed by atoms with Crippen molar-refractivity contribution in [2.24, 2.45) is 0 Å². The molecule has 0 spiro atoms. The van der Waals surface area contributed by atoms with Gasteiger partial charge in [0, 0.05) is 18.1 Å². The molecule has 1 N–H and O–H groups in total. The van der Waals surface area contributed by atoms with Gasteiger partial charge in [-0.05, 0) is 55.0 Å². The summed E-state index contributed by atoms with van der Waals surface area (Å²) in [6.45, 7) is 1.84. The predicted molar refractivity (Wildman–Crippen MR) is 94.3 cm³/mol. The molecule has 124 valence electrons. The van der Waals surface area contributed by atoms with Crippen molar-refractivity contribution in [2.45, 2.75) is 11.8 Å². The molecule has 0 saturated heterocycles. The van der Waals surface area contributed by atoms with Crippen LogP contribution in [0.1, 0.15) is 5.56 Å². The van der Waals surface area contributed by atoms with Gasteiger partial charge in [0.15, 0.2) is 0 Å². The molecule has 0 saturated carbocycles. The lowest BCUT2D eigenvalue weighted by molar-refractivity contribution is 0.402. The van der Waals surface area contributed by atoms with Crippen LogP contribution in [0, 0.1) is 6.92 Å². The molecule has 3 aromatic rings. The van der Waals surface area contributed by atoms with Gasteiger partial charge in [-0.2, -0.15) is 0 Å². The molecule has 0 aliphatic carbocycles. The highest BCUT2D eigenvalue weighted by molar-refractivity contribution is 7.92. The summed E-state index contributed by atoms with van der Waals surface area (Å²) < 4.78 is 35.2. The maximum absolute atomic E-state index is 12.7. The van der Waals surface area contributed by atoms with Crippen molar-refractivity contribution in [2.75, 3.05) is 11.8 Å². The molecular weight excluding hydrogens is 324 g/mol. The Kier molecular flexibility index (Phi) is 4.31. The molecule has 24 heavy (non-hydrogen) atoms. The summed E-state index contributed by atoms with van der Waals surface area (Å²) in [6, 6.07) is 16.1. The number of ether oxygens (including phenoxy) is 1. The molecular formula is C18H18N2O3S. The van der Waals surface area contributed by atoms with Gasteiger partial charge in [0.1, 0.15) is 10.6 Å². The van der Waals surface area contributed by atoms with Crippen molar-refractivity contribution < 1.29 is 13.2 Å². The van der Waals surface area contributed by atoms with E-state index in [2.05, 4.69) is 4.72 Å². The molecule has 6 heteroatoms. The van der Waals surface area contributed by atoms with Crippen LogP contribution in [0.4, 0.5) is 5.69 Å². The van der Waals surface area contributed by atoms with Gasteiger partial charge < -0.3 is 9.30 Å². The molecule has 0 unspecified atom stereocenters. The number of hydrogen-bond donors (Lipinski definition) is 1. The third-order valence-corrected chi connectivity index (χ3v) is 5.01. The molecule has 0 radical (unpaired) electrons. The van der Waals surface area contributed by atoms with Crippen LogP contribution in [0.3, 0.4) is 0 Å². The molecule has 2 aromatic carbocycles. The molecule has 0 bridgehead atoms. The second-order valence-electron chi connectivity index (χ2n) is 5.40. The van der Waals surface area contributed by atoms with Gasteiger partial charge in [0.05, 0.1) is 12.8 Å². The first-order valence-corrected chi connectivity index (χ1v) is 8.89. The van der Waals surface area contributed by atoms with Crippen LogP contribution in [-0.2, 0) is 10.0 Å². The molecule has 5 nitrogen and oxygen atoms in total. The maximum Gasteiger partial charge on any atom is 0.265 e. The van der Waals surface area contributed by atoms with Crippen LogP contribution in [0.2, 0.25) is 0 Å². The number of aromatic nitrogens is 1. The zero-order valence-electron chi connectivity index (χ0n) is 13.4. The van der Waals surface area contributed by atoms with Crippen LogP contribution in [-0.4, -0.2) is 20.1 Å². The van der Waals surface area contributed by atoms with E-state index >= 15 is 0 Å². The Balaban J connectivity index is 1.96. The number of aryl methyl sites for hydroxylation is 1. The zero-order chi connectivity index (χ0) is 17.2. The number of sulfonamides is 1. The van der Waals surface area contributed by atoms with Crippen molar-refractivity contribution in [3.05, 3.63) is 72.6 Å². The highest BCUT2D eigenvalue weighted by Crippen LogP contribution is 2.27. The fraction of sp³-hybridized carbons (Fsp3) is 0.111. The topological polar surface area (TPSA) is 60.3 Å². The van der Waals surface area contributed by atoms with E-state index in [0.29, 0.717) is 11.4 Å². The van der Waals surface area contributed by atoms with E-state index < -0.39 is 10.0 Å². The number of hydrogen-bond acceptors (Lipinski definition) is 3. The zero-order valence-corrected chi connectivity index (χ0v) is 14.2. The largest absolute Gasteiger partial charge is 0.495 e. The normalized spacial score (nSPS) is 11.2. The first kappa shape index (κ1) is 16.1. The highest BCUT2D eigenvalue weighted by atomic mass is 32.2. The molecule has 0 aliphatic rings. The molecule has 0 atom stereocenters. The summed E-state index contributed by atoms with van der Waals surface area (Å²) in [4.78, 5) is 0.122. The lowest BCUT2D eigenvalue weighted by atomic mass is 10.2. The number of benzene rings is 2. The van der Waals surface area contributed by atoms with Gasteiger partial charge >= 0.3 is 0 Å². The quantitative estimate of drug-likeness (QED) is 0.771. The summed E-state index contributed by atoms with van der Waals surface area (Å²) in [7, 11) is -2.29. The van der Waals surface area contributed by atoms with E-state index in [4.69, 9.17) is 4.74 Å². The Labute approximate surface area is 141 Å². The Morgan fingerprint density at radius 1 is 1.00 bits per heavy atom. The van der Waals surface area contributed by atoms with Gasteiger partial charge in [0.25, 0.3) is 10.0 Å². The standard InChI is InChI=1S/C18H18N2O3S/c1-14-8-9-17(23-2)18(12-14)24(21,22)19-15-6-5-7-16(13-15)20-10-3-4-11-20/h3-13,19H,1-2H3. The Morgan fingerprint density at radius 2 is 1.75 bits per heavy atom. The second kappa shape index (κ2) is 6.41. The molecule has 1 heterocycles. The molecule has 0 amide bonds. The fourth-order valence-electron chi connectivity index (χ4n) is 2.44. The van der Waals surface area contributed by atoms with Crippen molar-refractivity contribution in [3.63, 3.8) is 0 Å². The Bertz CT molecular complexity index is 948. The van der Waals surface area contributed by atoms with E-state index in [0.717, 1.165) is 11.3 Å². The fourth-order valence-corrected chi connectivity index (χ4v) is 3.75. The third-order valence-electron chi connectivity index (χ3n) is 3.61. The van der Waals surface area contributed by atoms with Crippen molar-refractivity contribution in [1.82, 2.24) is 4.57 Å². The lowest BCUT2D eigenvalue weighted by Gasteiger charge is -2.13. The van der Waals surface area contributed by atoms with Crippen LogP contribution in [0.5, 0.6) is 5.75 Å². The number of nitrogens with zero attached hydrogens (tertiary/aromatic N) is 1. The van der Waals surface area contributed by atoms with E-state index in [1.54, 1.807) is 30.3 Å². The number of methoxy groups -OCH3 is 1. The van der Waals surface area contributed by atoms with Crippen molar-refractivity contribution in [3.8, 4) is 11.4 Å². The van der Waals surface area contributed by atoms with E-state index in [1.165, 1.54) is 7.11 Å². The highest BCUT2D eigenvalue weighted by Gasteiger charge is 2.20. The lowest BCUT2D eigenvalue weighted by Crippen LogP contribution is -2.14. The molecule has 0 aliphatic heterocycles. The smallest absolute Gasteiger partial charge is 0.265 e. The van der Waals surface area contributed by atoms with Crippen molar-refractivity contribution in [1.29, 1.82) is 0 Å². The summed E-state index contributed by atoms with van der Waals surface area (Å²) in [5, 5.41) is 0.